The van der Waals surface area contributed by atoms with Crippen molar-refractivity contribution in [2.24, 2.45) is 12.8 Å². The molecule has 0 saturated heterocycles. The Morgan fingerprint density at radius 2 is 2.46 bits per heavy atom. The minimum absolute atomic E-state index is 0.0213. The fourth-order valence-corrected chi connectivity index (χ4v) is 1.03. The van der Waals surface area contributed by atoms with Gasteiger partial charge in [-0.2, -0.15) is 5.10 Å². The zero-order valence-corrected chi connectivity index (χ0v) is 8.12. The SMILES string of the molecule is CCCC(N)C#Cc1ccn(C)n1. The number of hydrogen-bond donors (Lipinski definition) is 1. The van der Waals surface area contributed by atoms with Crippen molar-refractivity contribution in [3.05, 3.63) is 18.0 Å². The number of aryl methyl sites for hydroxylation is 1. The van der Waals surface area contributed by atoms with E-state index in [-0.39, 0.29) is 6.04 Å². The van der Waals surface area contributed by atoms with E-state index in [4.69, 9.17) is 5.73 Å². The van der Waals surface area contributed by atoms with Crippen molar-refractivity contribution >= 4 is 0 Å². The van der Waals surface area contributed by atoms with Crippen LogP contribution >= 0.6 is 0 Å². The lowest BCUT2D eigenvalue weighted by Crippen LogP contribution is -2.16. The second-order valence-corrected chi connectivity index (χ2v) is 3.04. The second kappa shape index (κ2) is 4.68. The molecule has 3 nitrogen and oxygen atoms in total. The predicted molar refractivity (Wildman–Crippen MR) is 53.0 cm³/mol. The molecule has 0 fully saturated rings. The molecule has 0 aliphatic heterocycles. The normalized spacial score (nSPS) is 11.9. The Morgan fingerprint density at radius 1 is 1.69 bits per heavy atom. The highest BCUT2D eigenvalue weighted by atomic mass is 15.2. The zero-order valence-electron chi connectivity index (χ0n) is 8.12. The third kappa shape index (κ3) is 3.30. The van der Waals surface area contributed by atoms with Gasteiger partial charge in [0.15, 0.2) is 0 Å². The standard InChI is InChI=1S/C10H15N3/c1-3-4-9(11)5-6-10-7-8-13(2)12-10/h7-9H,3-4,11H2,1-2H3. The molecule has 1 heterocycles. The van der Waals surface area contributed by atoms with Crippen LogP contribution in [0.5, 0.6) is 0 Å². The summed E-state index contributed by atoms with van der Waals surface area (Å²) in [5, 5.41) is 4.13. The first-order chi connectivity index (χ1) is 6.22. The molecule has 70 valence electrons. The quantitative estimate of drug-likeness (QED) is 0.682. The molecule has 0 aromatic carbocycles. The first kappa shape index (κ1) is 9.82. The van der Waals surface area contributed by atoms with Gasteiger partial charge in [-0.3, -0.25) is 4.68 Å². The minimum Gasteiger partial charge on any atom is -0.318 e. The highest BCUT2D eigenvalue weighted by Crippen LogP contribution is 1.93. The third-order valence-electron chi connectivity index (χ3n) is 1.70. The summed E-state index contributed by atoms with van der Waals surface area (Å²) >= 11 is 0. The van der Waals surface area contributed by atoms with E-state index in [9.17, 15) is 0 Å². The maximum absolute atomic E-state index is 5.73. The largest absolute Gasteiger partial charge is 0.318 e. The zero-order chi connectivity index (χ0) is 9.68. The smallest absolute Gasteiger partial charge is 0.135 e. The van der Waals surface area contributed by atoms with E-state index in [2.05, 4.69) is 23.9 Å². The Morgan fingerprint density at radius 3 is 3.00 bits per heavy atom. The summed E-state index contributed by atoms with van der Waals surface area (Å²) in [6.07, 6.45) is 3.88. The van der Waals surface area contributed by atoms with Gasteiger partial charge in [0.25, 0.3) is 0 Å². The number of hydrogen-bond acceptors (Lipinski definition) is 2. The number of aromatic nitrogens is 2. The lowest BCUT2D eigenvalue weighted by molar-refractivity contribution is 0.720. The Bertz CT molecular complexity index is 316. The van der Waals surface area contributed by atoms with Gasteiger partial charge in [0.05, 0.1) is 6.04 Å². The van der Waals surface area contributed by atoms with Gasteiger partial charge in [0.2, 0.25) is 0 Å². The molecule has 1 aromatic rings. The lowest BCUT2D eigenvalue weighted by Gasteiger charge is -1.97. The van der Waals surface area contributed by atoms with E-state index in [0.29, 0.717) is 0 Å². The van der Waals surface area contributed by atoms with E-state index < -0.39 is 0 Å². The summed E-state index contributed by atoms with van der Waals surface area (Å²) in [5.74, 6) is 5.91. The van der Waals surface area contributed by atoms with Crippen molar-refractivity contribution in [2.75, 3.05) is 0 Å². The molecule has 1 rings (SSSR count). The van der Waals surface area contributed by atoms with Crippen molar-refractivity contribution in [1.29, 1.82) is 0 Å². The molecule has 0 radical (unpaired) electrons. The van der Waals surface area contributed by atoms with Crippen LogP contribution in [0.1, 0.15) is 25.5 Å². The number of rotatable bonds is 2. The molecule has 0 spiro atoms. The monoisotopic (exact) mass is 177 g/mol. The fourth-order valence-electron chi connectivity index (χ4n) is 1.03. The first-order valence-electron chi connectivity index (χ1n) is 4.49. The van der Waals surface area contributed by atoms with Crippen LogP contribution in [-0.2, 0) is 7.05 Å². The summed E-state index contributed by atoms with van der Waals surface area (Å²) in [7, 11) is 1.87. The summed E-state index contributed by atoms with van der Waals surface area (Å²) in [4.78, 5) is 0. The Labute approximate surface area is 78.9 Å². The average molecular weight is 177 g/mol. The van der Waals surface area contributed by atoms with Crippen LogP contribution in [0.15, 0.2) is 12.3 Å². The summed E-state index contributed by atoms with van der Waals surface area (Å²) in [6, 6.07) is 1.86. The molecule has 0 saturated carbocycles. The van der Waals surface area contributed by atoms with Gasteiger partial charge in [0, 0.05) is 13.2 Å². The predicted octanol–water partition coefficient (Wildman–Crippen LogP) is 0.899. The summed E-state index contributed by atoms with van der Waals surface area (Å²) < 4.78 is 1.73. The molecule has 13 heavy (non-hydrogen) atoms. The van der Waals surface area contributed by atoms with Gasteiger partial charge in [-0.05, 0) is 18.4 Å². The average Bonchev–Trinajstić information content (AvgIpc) is 2.49. The molecular formula is C10H15N3. The molecule has 1 aromatic heterocycles. The Kier molecular flexibility index (Phi) is 3.53. The molecule has 3 heteroatoms. The highest BCUT2D eigenvalue weighted by molar-refractivity contribution is 5.27. The summed E-state index contributed by atoms with van der Waals surface area (Å²) in [5.41, 5.74) is 6.52. The molecule has 0 amide bonds. The van der Waals surface area contributed by atoms with Crippen molar-refractivity contribution in [3.8, 4) is 11.8 Å². The van der Waals surface area contributed by atoms with Gasteiger partial charge < -0.3 is 5.73 Å². The molecule has 0 bridgehead atoms. The Hall–Kier alpha value is -1.27. The molecule has 2 N–H and O–H groups in total. The van der Waals surface area contributed by atoms with Crippen LogP contribution in [0, 0.1) is 11.8 Å². The molecule has 1 atom stereocenters. The fraction of sp³-hybridized carbons (Fsp3) is 0.500. The van der Waals surface area contributed by atoms with Crippen molar-refractivity contribution in [1.82, 2.24) is 9.78 Å². The van der Waals surface area contributed by atoms with Crippen molar-refractivity contribution in [3.63, 3.8) is 0 Å². The van der Waals surface area contributed by atoms with Crippen LogP contribution in [0.4, 0.5) is 0 Å². The number of nitrogens with two attached hydrogens (primary N) is 1. The van der Waals surface area contributed by atoms with Crippen LogP contribution in [-0.4, -0.2) is 15.8 Å². The highest BCUT2D eigenvalue weighted by Gasteiger charge is 1.94. The van der Waals surface area contributed by atoms with Gasteiger partial charge >= 0.3 is 0 Å². The topological polar surface area (TPSA) is 43.8 Å². The minimum atomic E-state index is -0.0213. The summed E-state index contributed by atoms with van der Waals surface area (Å²) in [6.45, 7) is 2.10. The van der Waals surface area contributed by atoms with Gasteiger partial charge in [-0.25, -0.2) is 0 Å². The van der Waals surface area contributed by atoms with E-state index in [0.717, 1.165) is 18.5 Å². The van der Waals surface area contributed by atoms with Crippen LogP contribution in [0.25, 0.3) is 0 Å². The van der Waals surface area contributed by atoms with E-state index in [1.54, 1.807) is 4.68 Å². The van der Waals surface area contributed by atoms with Crippen LogP contribution < -0.4 is 5.73 Å². The molecule has 1 unspecified atom stereocenters. The van der Waals surface area contributed by atoms with E-state index in [1.807, 2.05) is 19.3 Å². The third-order valence-corrected chi connectivity index (χ3v) is 1.70. The molecule has 0 aliphatic rings. The van der Waals surface area contributed by atoms with E-state index >= 15 is 0 Å². The lowest BCUT2D eigenvalue weighted by atomic mass is 10.2. The van der Waals surface area contributed by atoms with Crippen LogP contribution in [0.3, 0.4) is 0 Å². The van der Waals surface area contributed by atoms with Gasteiger partial charge in [-0.1, -0.05) is 19.3 Å². The second-order valence-electron chi connectivity index (χ2n) is 3.04. The first-order valence-corrected chi connectivity index (χ1v) is 4.49. The molecule has 0 aliphatic carbocycles. The maximum atomic E-state index is 5.73. The van der Waals surface area contributed by atoms with E-state index in [1.165, 1.54) is 0 Å². The number of nitrogens with zero attached hydrogens (tertiary/aromatic N) is 2. The maximum Gasteiger partial charge on any atom is 0.135 e. The van der Waals surface area contributed by atoms with Crippen molar-refractivity contribution < 1.29 is 0 Å². The van der Waals surface area contributed by atoms with Gasteiger partial charge in [0.1, 0.15) is 5.69 Å². The van der Waals surface area contributed by atoms with Gasteiger partial charge in [-0.15, -0.1) is 0 Å². The van der Waals surface area contributed by atoms with Crippen molar-refractivity contribution in [2.45, 2.75) is 25.8 Å². The molecular weight excluding hydrogens is 162 g/mol. The Balaban J connectivity index is 2.56. The van der Waals surface area contributed by atoms with Crippen LogP contribution in [0.2, 0.25) is 0 Å².